The maximum Gasteiger partial charge on any atom is 0.129 e. The van der Waals surface area contributed by atoms with Crippen LogP contribution in [0.15, 0.2) is 12.1 Å². The van der Waals surface area contributed by atoms with Crippen molar-refractivity contribution in [2.75, 3.05) is 18.5 Å². The normalized spacial score (nSPS) is 19.9. The lowest BCUT2D eigenvalue weighted by Crippen LogP contribution is -2.35. The van der Waals surface area contributed by atoms with E-state index in [1.165, 1.54) is 49.2 Å². The number of pyridine rings is 1. The summed E-state index contributed by atoms with van der Waals surface area (Å²) >= 11 is 0. The molecule has 1 unspecified atom stereocenters. The van der Waals surface area contributed by atoms with Crippen molar-refractivity contribution in [2.45, 2.75) is 71.4 Å². The van der Waals surface area contributed by atoms with Gasteiger partial charge in [0, 0.05) is 24.8 Å². The summed E-state index contributed by atoms with van der Waals surface area (Å²) in [6.07, 6.45) is 6.55. The molecular formula is C18H31N3. The van der Waals surface area contributed by atoms with Gasteiger partial charge in [-0.25, -0.2) is 4.98 Å². The van der Waals surface area contributed by atoms with Gasteiger partial charge in [-0.05, 0) is 49.9 Å². The van der Waals surface area contributed by atoms with Crippen LogP contribution in [0.1, 0.15) is 70.1 Å². The Balaban J connectivity index is 2.34. The van der Waals surface area contributed by atoms with Crippen molar-refractivity contribution < 1.29 is 0 Å². The Morgan fingerprint density at radius 2 is 2.10 bits per heavy atom. The highest BCUT2D eigenvalue weighted by Crippen LogP contribution is 2.27. The Bertz CT molecular complexity index is 442. The van der Waals surface area contributed by atoms with Gasteiger partial charge < -0.3 is 10.2 Å². The van der Waals surface area contributed by atoms with E-state index in [0.717, 1.165) is 13.1 Å². The first-order chi connectivity index (χ1) is 10.2. The third kappa shape index (κ3) is 4.19. The van der Waals surface area contributed by atoms with E-state index < -0.39 is 0 Å². The summed E-state index contributed by atoms with van der Waals surface area (Å²) in [5.41, 5.74) is 2.57. The molecule has 21 heavy (non-hydrogen) atoms. The maximum atomic E-state index is 4.98. The fourth-order valence-electron chi connectivity index (χ4n) is 3.25. The number of nitrogens with zero attached hydrogens (tertiary/aromatic N) is 2. The molecule has 0 spiro atoms. The predicted octanol–water partition coefficient (Wildman–Crippen LogP) is 4.08. The molecule has 1 aromatic heterocycles. The van der Waals surface area contributed by atoms with Crippen molar-refractivity contribution in [2.24, 2.45) is 0 Å². The van der Waals surface area contributed by atoms with Crippen molar-refractivity contribution in [3.8, 4) is 0 Å². The lowest BCUT2D eigenvalue weighted by atomic mass is 10.1. The SMILES string of the molecule is CCC1CCCCCN1c1cc(CNC)cc(C(C)C)n1. The van der Waals surface area contributed by atoms with E-state index in [2.05, 4.69) is 43.1 Å². The highest BCUT2D eigenvalue weighted by molar-refractivity contribution is 5.44. The minimum atomic E-state index is 0.479. The third-order valence-corrected chi connectivity index (χ3v) is 4.51. The Labute approximate surface area is 130 Å². The number of aromatic nitrogens is 1. The van der Waals surface area contributed by atoms with Crippen LogP contribution >= 0.6 is 0 Å². The minimum absolute atomic E-state index is 0.479. The molecule has 0 aliphatic carbocycles. The fourth-order valence-corrected chi connectivity index (χ4v) is 3.25. The number of nitrogens with one attached hydrogen (secondary N) is 1. The molecule has 1 aliphatic rings. The van der Waals surface area contributed by atoms with Crippen LogP contribution in [-0.4, -0.2) is 24.6 Å². The summed E-state index contributed by atoms with van der Waals surface area (Å²) in [5.74, 6) is 1.67. The monoisotopic (exact) mass is 289 g/mol. The second kappa shape index (κ2) is 7.79. The predicted molar refractivity (Wildman–Crippen MR) is 91.0 cm³/mol. The average molecular weight is 289 g/mol. The first-order valence-corrected chi connectivity index (χ1v) is 8.57. The summed E-state index contributed by atoms with van der Waals surface area (Å²) < 4.78 is 0. The Hall–Kier alpha value is -1.09. The molecule has 0 amide bonds. The van der Waals surface area contributed by atoms with E-state index in [1.807, 2.05) is 7.05 Å². The van der Waals surface area contributed by atoms with Gasteiger partial charge in [0.25, 0.3) is 0 Å². The first-order valence-electron chi connectivity index (χ1n) is 8.57. The van der Waals surface area contributed by atoms with Crippen LogP contribution in [0, 0.1) is 0 Å². The Morgan fingerprint density at radius 3 is 2.76 bits per heavy atom. The Morgan fingerprint density at radius 1 is 1.29 bits per heavy atom. The zero-order chi connectivity index (χ0) is 15.2. The van der Waals surface area contributed by atoms with Crippen molar-refractivity contribution >= 4 is 5.82 Å². The quantitative estimate of drug-likeness (QED) is 0.885. The second-order valence-corrected chi connectivity index (χ2v) is 6.55. The van der Waals surface area contributed by atoms with E-state index >= 15 is 0 Å². The van der Waals surface area contributed by atoms with Gasteiger partial charge >= 0.3 is 0 Å². The molecule has 0 radical (unpaired) electrons. The average Bonchev–Trinajstić information content (AvgIpc) is 2.72. The van der Waals surface area contributed by atoms with Crippen LogP contribution in [0.25, 0.3) is 0 Å². The molecule has 2 rings (SSSR count). The van der Waals surface area contributed by atoms with Gasteiger partial charge in [-0.3, -0.25) is 0 Å². The molecule has 1 N–H and O–H groups in total. The molecule has 1 aliphatic heterocycles. The van der Waals surface area contributed by atoms with Gasteiger partial charge in [0.15, 0.2) is 0 Å². The van der Waals surface area contributed by atoms with Crippen LogP contribution in [0.3, 0.4) is 0 Å². The highest BCUT2D eigenvalue weighted by atomic mass is 15.2. The summed E-state index contributed by atoms with van der Waals surface area (Å²) in [7, 11) is 2.01. The minimum Gasteiger partial charge on any atom is -0.354 e. The van der Waals surface area contributed by atoms with Crippen molar-refractivity contribution in [1.82, 2.24) is 10.3 Å². The smallest absolute Gasteiger partial charge is 0.129 e. The summed E-state index contributed by atoms with van der Waals surface area (Å²) in [6.45, 7) is 8.85. The highest BCUT2D eigenvalue weighted by Gasteiger charge is 2.21. The fraction of sp³-hybridized carbons (Fsp3) is 0.722. The molecule has 3 nitrogen and oxygen atoms in total. The lowest BCUT2D eigenvalue weighted by molar-refractivity contribution is 0.551. The molecule has 3 heteroatoms. The van der Waals surface area contributed by atoms with Crippen LogP contribution in [0.2, 0.25) is 0 Å². The van der Waals surface area contributed by atoms with Gasteiger partial charge in [-0.2, -0.15) is 0 Å². The van der Waals surface area contributed by atoms with Gasteiger partial charge in [0.2, 0.25) is 0 Å². The summed E-state index contributed by atoms with van der Waals surface area (Å²) in [6, 6.07) is 5.20. The number of rotatable bonds is 5. The summed E-state index contributed by atoms with van der Waals surface area (Å²) in [5, 5.41) is 3.27. The van der Waals surface area contributed by atoms with Crippen molar-refractivity contribution in [3.05, 3.63) is 23.4 Å². The Kier molecular flexibility index (Phi) is 6.04. The molecular weight excluding hydrogens is 258 g/mol. The molecule has 2 heterocycles. The van der Waals surface area contributed by atoms with Crippen LogP contribution in [0.4, 0.5) is 5.82 Å². The molecule has 118 valence electrons. The van der Waals surface area contributed by atoms with E-state index in [1.54, 1.807) is 0 Å². The van der Waals surface area contributed by atoms with Crippen molar-refractivity contribution in [3.63, 3.8) is 0 Å². The third-order valence-electron chi connectivity index (χ3n) is 4.51. The summed E-state index contributed by atoms with van der Waals surface area (Å²) in [4.78, 5) is 7.54. The zero-order valence-corrected chi connectivity index (χ0v) is 14.2. The zero-order valence-electron chi connectivity index (χ0n) is 14.2. The van der Waals surface area contributed by atoms with Crippen molar-refractivity contribution in [1.29, 1.82) is 0 Å². The molecule has 0 saturated carbocycles. The maximum absolute atomic E-state index is 4.98. The number of hydrogen-bond donors (Lipinski definition) is 1. The topological polar surface area (TPSA) is 28.2 Å². The van der Waals surface area contributed by atoms with E-state index in [-0.39, 0.29) is 0 Å². The second-order valence-electron chi connectivity index (χ2n) is 6.55. The molecule has 1 atom stereocenters. The molecule has 0 aromatic carbocycles. The molecule has 1 fully saturated rings. The lowest BCUT2D eigenvalue weighted by Gasteiger charge is -2.31. The van der Waals surface area contributed by atoms with Gasteiger partial charge in [0.1, 0.15) is 5.82 Å². The van der Waals surface area contributed by atoms with Crippen LogP contribution in [-0.2, 0) is 6.54 Å². The number of hydrogen-bond acceptors (Lipinski definition) is 3. The number of anilines is 1. The largest absolute Gasteiger partial charge is 0.354 e. The first kappa shape index (κ1) is 16.3. The van der Waals surface area contributed by atoms with Gasteiger partial charge in [0.05, 0.1) is 0 Å². The molecule has 1 saturated heterocycles. The standard InChI is InChI=1S/C18H31N3/c1-5-16-9-7-6-8-10-21(16)18-12-15(13-19-4)11-17(20-18)14(2)3/h11-12,14,16,19H,5-10,13H2,1-4H3. The molecule has 1 aromatic rings. The van der Waals surface area contributed by atoms with E-state index in [9.17, 15) is 0 Å². The molecule has 0 bridgehead atoms. The van der Waals surface area contributed by atoms with Crippen LogP contribution < -0.4 is 10.2 Å². The van der Waals surface area contributed by atoms with Gasteiger partial charge in [-0.1, -0.05) is 33.6 Å². The van der Waals surface area contributed by atoms with Gasteiger partial charge in [-0.15, -0.1) is 0 Å². The van der Waals surface area contributed by atoms with E-state index in [4.69, 9.17) is 4.98 Å². The van der Waals surface area contributed by atoms with Crippen LogP contribution in [0.5, 0.6) is 0 Å². The van der Waals surface area contributed by atoms with E-state index in [0.29, 0.717) is 12.0 Å².